The lowest BCUT2D eigenvalue weighted by atomic mass is 10.2. The molecule has 2 fully saturated rings. The van der Waals surface area contributed by atoms with E-state index in [0.29, 0.717) is 5.91 Å². The maximum atomic E-state index is 12.3. The molecular formula is C13H21Cl2N3OS2. The van der Waals surface area contributed by atoms with E-state index in [4.69, 9.17) is 0 Å². The second kappa shape index (κ2) is 9.22. The minimum Gasteiger partial charge on any atom is -0.339 e. The maximum absolute atomic E-state index is 12.3. The van der Waals surface area contributed by atoms with Gasteiger partial charge < -0.3 is 4.90 Å². The predicted octanol–water partition coefficient (Wildman–Crippen LogP) is 1.90. The number of carbonyl (C=O) groups is 1. The van der Waals surface area contributed by atoms with Crippen LogP contribution in [0, 0.1) is 0 Å². The van der Waals surface area contributed by atoms with Crippen LogP contribution < -0.4 is 5.32 Å². The quantitative estimate of drug-likeness (QED) is 0.882. The Morgan fingerprint density at radius 3 is 2.62 bits per heavy atom. The molecule has 0 spiro atoms. The molecule has 8 heteroatoms. The van der Waals surface area contributed by atoms with Gasteiger partial charge in [-0.05, 0) is 11.4 Å². The maximum Gasteiger partial charge on any atom is 0.240 e. The van der Waals surface area contributed by atoms with Crippen LogP contribution >= 0.6 is 47.9 Å². The normalized spacial score (nSPS) is 22.5. The molecule has 120 valence electrons. The summed E-state index contributed by atoms with van der Waals surface area (Å²) in [5.41, 5.74) is 0. The molecule has 3 rings (SSSR count). The number of thiophene rings is 1. The van der Waals surface area contributed by atoms with Gasteiger partial charge >= 0.3 is 0 Å². The Bertz CT molecular complexity index is 419. The smallest absolute Gasteiger partial charge is 0.240 e. The molecule has 1 atom stereocenters. The molecule has 1 aromatic rings. The summed E-state index contributed by atoms with van der Waals surface area (Å²) in [5, 5.41) is 5.38. The SMILES string of the molecule is Cl.Cl.O=C(C1CSCN1)N1CCN(Cc2cccs2)CC1. The molecule has 2 aliphatic rings. The fourth-order valence-corrected chi connectivity index (χ4v) is 4.20. The summed E-state index contributed by atoms with van der Waals surface area (Å²) >= 11 is 3.62. The number of halogens is 2. The Hall–Kier alpha value is 0.0200. The molecule has 21 heavy (non-hydrogen) atoms. The summed E-state index contributed by atoms with van der Waals surface area (Å²) in [7, 11) is 0. The van der Waals surface area contributed by atoms with E-state index in [9.17, 15) is 4.79 Å². The van der Waals surface area contributed by atoms with Gasteiger partial charge in [0.1, 0.15) is 0 Å². The first kappa shape index (κ1) is 19.1. The van der Waals surface area contributed by atoms with Crippen molar-refractivity contribution in [1.29, 1.82) is 0 Å². The lowest BCUT2D eigenvalue weighted by Crippen LogP contribution is -2.53. The molecule has 1 unspecified atom stereocenters. The molecule has 0 aromatic carbocycles. The highest BCUT2D eigenvalue weighted by atomic mass is 35.5. The molecule has 4 nitrogen and oxygen atoms in total. The summed E-state index contributed by atoms with van der Waals surface area (Å²) in [6.45, 7) is 4.74. The van der Waals surface area contributed by atoms with Gasteiger partial charge in [0.05, 0.1) is 6.04 Å². The van der Waals surface area contributed by atoms with Crippen molar-refractivity contribution in [2.24, 2.45) is 0 Å². The third-order valence-electron chi connectivity index (χ3n) is 3.66. The van der Waals surface area contributed by atoms with E-state index in [2.05, 4.69) is 27.7 Å². The highest BCUT2D eigenvalue weighted by Gasteiger charge is 2.29. The van der Waals surface area contributed by atoms with Crippen molar-refractivity contribution < 1.29 is 4.79 Å². The van der Waals surface area contributed by atoms with E-state index in [1.165, 1.54) is 4.88 Å². The third kappa shape index (κ3) is 5.01. The van der Waals surface area contributed by atoms with Crippen LogP contribution in [0.2, 0.25) is 0 Å². The Labute approximate surface area is 146 Å². The van der Waals surface area contributed by atoms with Gasteiger partial charge in [-0.1, -0.05) is 6.07 Å². The van der Waals surface area contributed by atoms with E-state index >= 15 is 0 Å². The van der Waals surface area contributed by atoms with Gasteiger partial charge in [0.2, 0.25) is 5.91 Å². The second-order valence-electron chi connectivity index (χ2n) is 4.95. The van der Waals surface area contributed by atoms with Crippen molar-refractivity contribution in [1.82, 2.24) is 15.1 Å². The van der Waals surface area contributed by atoms with Gasteiger partial charge in [-0.25, -0.2) is 0 Å². The number of thioether (sulfide) groups is 1. The molecule has 0 bridgehead atoms. The second-order valence-corrected chi connectivity index (χ2v) is 7.02. The summed E-state index contributed by atoms with van der Waals surface area (Å²) in [5.74, 6) is 2.13. The Morgan fingerprint density at radius 2 is 2.05 bits per heavy atom. The molecule has 2 aliphatic heterocycles. The lowest BCUT2D eigenvalue weighted by molar-refractivity contribution is -0.134. The minimum absolute atomic E-state index is 0. The van der Waals surface area contributed by atoms with E-state index in [1.807, 2.05) is 28.0 Å². The van der Waals surface area contributed by atoms with Gasteiger partial charge in [0.25, 0.3) is 0 Å². The standard InChI is InChI=1S/C13H19N3OS2.2ClH/c17-13(12-9-18-10-14-12)16-5-3-15(4-6-16)8-11-2-1-7-19-11;;/h1-2,7,12,14H,3-6,8-10H2;2*1H. The largest absolute Gasteiger partial charge is 0.339 e. The van der Waals surface area contributed by atoms with Crippen molar-refractivity contribution in [2.45, 2.75) is 12.6 Å². The minimum atomic E-state index is 0. The zero-order chi connectivity index (χ0) is 13.1. The topological polar surface area (TPSA) is 35.6 Å². The molecule has 0 aliphatic carbocycles. The lowest BCUT2D eigenvalue weighted by Gasteiger charge is -2.35. The van der Waals surface area contributed by atoms with Gasteiger partial charge in [-0.2, -0.15) is 0 Å². The summed E-state index contributed by atoms with van der Waals surface area (Å²) < 4.78 is 0. The molecule has 3 heterocycles. The highest BCUT2D eigenvalue weighted by Crippen LogP contribution is 2.16. The predicted molar refractivity (Wildman–Crippen MR) is 94.9 cm³/mol. The first-order valence-corrected chi connectivity index (χ1v) is 8.71. The molecule has 1 amide bonds. The number of carbonyl (C=O) groups excluding carboxylic acids is 1. The zero-order valence-electron chi connectivity index (χ0n) is 11.7. The molecule has 0 saturated carbocycles. The van der Waals surface area contributed by atoms with Gasteiger partial charge in [-0.15, -0.1) is 47.9 Å². The number of nitrogens with one attached hydrogen (secondary N) is 1. The first-order valence-electron chi connectivity index (χ1n) is 6.67. The van der Waals surface area contributed by atoms with Crippen LogP contribution in [0.15, 0.2) is 17.5 Å². The molecule has 0 radical (unpaired) electrons. The first-order chi connectivity index (χ1) is 9.33. The van der Waals surface area contributed by atoms with Crippen LogP contribution in [0.4, 0.5) is 0 Å². The fourth-order valence-electron chi connectivity index (χ4n) is 2.52. The van der Waals surface area contributed by atoms with Crippen LogP contribution in [0.3, 0.4) is 0 Å². The summed E-state index contributed by atoms with van der Waals surface area (Å²) in [6, 6.07) is 4.33. The number of amides is 1. The Morgan fingerprint density at radius 1 is 1.29 bits per heavy atom. The Balaban J connectivity index is 0.00000110. The van der Waals surface area contributed by atoms with Crippen molar-refractivity contribution in [3.05, 3.63) is 22.4 Å². The average Bonchev–Trinajstić information content (AvgIpc) is 3.12. The number of nitrogens with zero attached hydrogens (tertiary/aromatic N) is 2. The molecule has 1 aromatic heterocycles. The van der Waals surface area contributed by atoms with Crippen LogP contribution in [-0.4, -0.2) is 59.6 Å². The van der Waals surface area contributed by atoms with Crippen LogP contribution in [0.1, 0.15) is 4.88 Å². The van der Waals surface area contributed by atoms with Gasteiger partial charge in [0, 0.05) is 49.2 Å². The zero-order valence-corrected chi connectivity index (χ0v) is 15.0. The van der Waals surface area contributed by atoms with E-state index in [0.717, 1.165) is 44.4 Å². The van der Waals surface area contributed by atoms with Crippen molar-refractivity contribution in [3.63, 3.8) is 0 Å². The third-order valence-corrected chi connectivity index (χ3v) is 5.46. The molecule has 1 N–H and O–H groups in total. The summed E-state index contributed by atoms with van der Waals surface area (Å²) in [4.78, 5) is 18.1. The molecular weight excluding hydrogens is 349 g/mol. The van der Waals surface area contributed by atoms with Gasteiger partial charge in [-0.3, -0.25) is 15.0 Å². The van der Waals surface area contributed by atoms with Crippen LogP contribution in [-0.2, 0) is 11.3 Å². The summed E-state index contributed by atoms with van der Waals surface area (Å²) in [6.07, 6.45) is 0. The van der Waals surface area contributed by atoms with Crippen molar-refractivity contribution in [2.75, 3.05) is 37.8 Å². The fraction of sp³-hybridized carbons (Fsp3) is 0.615. The van der Waals surface area contributed by atoms with Crippen LogP contribution in [0.25, 0.3) is 0 Å². The van der Waals surface area contributed by atoms with E-state index < -0.39 is 0 Å². The molecule has 2 saturated heterocycles. The Kier molecular flexibility index (Phi) is 8.38. The monoisotopic (exact) mass is 369 g/mol. The number of piperazine rings is 1. The van der Waals surface area contributed by atoms with Crippen LogP contribution in [0.5, 0.6) is 0 Å². The van der Waals surface area contributed by atoms with Crippen molar-refractivity contribution in [3.8, 4) is 0 Å². The number of hydrogen-bond acceptors (Lipinski definition) is 5. The number of hydrogen-bond donors (Lipinski definition) is 1. The van der Waals surface area contributed by atoms with Crippen molar-refractivity contribution >= 4 is 53.8 Å². The van der Waals surface area contributed by atoms with E-state index in [1.54, 1.807) is 0 Å². The number of rotatable bonds is 3. The van der Waals surface area contributed by atoms with Gasteiger partial charge in [0.15, 0.2) is 0 Å². The highest BCUT2D eigenvalue weighted by molar-refractivity contribution is 7.99. The average molecular weight is 370 g/mol. The van der Waals surface area contributed by atoms with E-state index in [-0.39, 0.29) is 30.9 Å².